The molecule has 0 aromatic carbocycles. The lowest BCUT2D eigenvalue weighted by Crippen LogP contribution is -2.53. The Bertz CT molecular complexity index is 536. The SMILES string of the molecule is CCCC(C)CCC[C@@H](C)[C@H]1CC[C@H]2[C@@H]3CC[C@H]4CCCC[C@]4(C)[C@H]3CC[C@]12C. The Hall–Kier alpha value is 0. The average Bonchev–Trinajstić information content (AvgIpc) is 3.05. The molecule has 0 spiro atoms. The Morgan fingerprint density at radius 3 is 2.34 bits per heavy atom. The van der Waals surface area contributed by atoms with Crippen LogP contribution in [0.4, 0.5) is 0 Å². The van der Waals surface area contributed by atoms with Crippen molar-refractivity contribution < 1.29 is 0 Å². The highest BCUT2D eigenvalue weighted by atomic mass is 14.6. The van der Waals surface area contributed by atoms with Gasteiger partial charge in [-0.1, -0.05) is 79.6 Å². The molecule has 0 N–H and O–H groups in total. The molecule has 0 aliphatic heterocycles. The summed E-state index contributed by atoms with van der Waals surface area (Å²) in [6.07, 6.45) is 22.8. The molecule has 0 radical (unpaired) electrons. The van der Waals surface area contributed by atoms with Gasteiger partial charge in [0.25, 0.3) is 0 Å². The van der Waals surface area contributed by atoms with E-state index in [2.05, 4.69) is 34.6 Å². The summed E-state index contributed by atoms with van der Waals surface area (Å²) in [6, 6.07) is 0. The minimum atomic E-state index is 0.674. The first-order chi connectivity index (χ1) is 13.9. The number of hydrogen-bond acceptors (Lipinski definition) is 0. The van der Waals surface area contributed by atoms with E-state index in [1.54, 1.807) is 51.4 Å². The summed E-state index contributed by atoms with van der Waals surface area (Å²) in [5, 5.41) is 0. The minimum Gasteiger partial charge on any atom is -0.0654 e. The van der Waals surface area contributed by atoms with Crippen molar-refractivity contribution in [2.75, 3.05) is 0 Å². The second-order valence-electron chi connectivity index (χ2n) is 12.9. The van der Waals surface area contributed by atoms with E-state index < -0.39 is 0 Å². The molecule has 0 aromatic heterocycles. The van der Waals surface area contributed by atoms with E-state index in [9.17, 15) is 0 Å². The van der Waals surface area contributed by atoms with Crippen molar-refractivity contribution in [2.45, 2.75) is 131 Å². The lowest BCUT2D eigenvalue weighted by atomic mass is 9.44. The zero-order chi connectivity index (χ0) is 20.6. The molecule has 4 aliphatic rings. The molecule has 1 unspecified atom stereocenters. The normalized spacial score (nSPS) is 46.4. The van der Waals surface area contributed by atoms with Gasteiger partial charge in [-0.3, -0.25) is 0 Å². The number of fused-ring (bicyclic) bond motifs is 5. The van der Waals surface area contributed by atoms with Crippen LogP contribution in [0.5, 0.6) is 0 Å². The highest BCUT2D eigenvalue weighted by molar-refractivity contribution is 5.09. The van der Waals surface area contributed by atoms with Crippen molar-refractivity contribution in [1.29, 1.82) is 0 Å². The van der Waals surface area contributed by atoms with Gasteiger partial charge >= 0.3 is 0 Å². The molecule has 0 nitrogen and oxygen atoms in total. The molecular formula is C29H52. The molecule has 9 atom stereocenters. The summed E-state index contributed by atoms with van der Waals surface area (Å²) in [7, 11) is 0. The molecule has 168 valence electrons. The van der Waals surface area contributed by atoms with Gasteiger partial charge < -0.3 is 0 Å². The van der Waals surface area contributed by atoms with E-state index in [0.29, 0.717) is 10.8 Å². The van der Waals surface area contributed by atoms with Crippen molar-refractivity contribution >= 4 is 0 Å². The molecule has 4 saturated carbocycles. The van der Waals surface area contributed by atoms with Crippen LogP contribution in [-0.4, -0.2) is 0 Å². The van der Waals surface area contributed by atoms with Gasteiger partial charge in [0.1, 0.15) is 0 Å². The Morgan fingerprint density at radius 2 is 1.55 bits per heavy atom. The van der Waals surface area contributed by atoms with Crippen LogP contribution >= 0.6 is 0 Å². The summed E-state index contributed by atoms with van der Waals surface area (Å²) in [6.45, 7) is 13.0. The van der Waals surface area contributed by atoms with Gasteiger partial charge in [-0.05, 0) is 104 Å². The van der Waals surface area contributed by atoms with Gasteiger partial charge in [-0.15, -0.1) is 0 Å². The van der Waals surface area contributed by atoms with Crippen LogP contribution in [0.15, 0.2) is 0 Å². The Labute approximate surface area is 183 Å². The molecule has 0 bridgehead atoms. The second kappa shape index (κ2) is 8.86. The van der Waals surface area contributed by atoms with Crippen molar-refractivity contribution in [3.63, 3.8) is 0 Å². The van der Waals surface area contributed by atoms with Gasteiger partial charge in [0.15, 0.2) is 0 Å². The third kappa shape index (κ3) is 3.98. The fraction of sp³-hybridized carbons (Fsp3) is 1.00. The minimum absolute atomic E-state index is 0.674. The zero-order valence-electron chi connectivity index (χ0n) is 20.6. The summed E-state index contributed by atoms with van der Waals surface area (Å²) >= 11 is 0. The van der Waals surface area contributed by atoms with Crippen LogP contribution in [-0.2, 0) is 0 Å². The van der Waals surface area contributed by atoms with Crippen LogP contribution < -0.4 is 0 Å². The maximum absolute atomic E-state index is 2.76. The molecule has 0 heteroatoms. The van der Waals surface area contributed by atoms with Crippen LogP contribution in [0.3, 0.4) is 0 Å². The first-order valence-electron chi connectivity index (χ1n) is 13.9. The topological polar surface area (TPSA) is 0 Å². The molecule has 0 heterocycles. The van der Waals surface area contributed by atoms with Gasteiger partial charge in [-0.25, -0.2) is 0 Å². The lowest BCUT2D eigenvalue weighted by Gasteiger charge is -2.61. The summed E-state index contributed by atoms with van der Waals surface area (Å²) in [5.41, 5.74) is 1.38. The fourth-order valence-electron chi connectivity index (χ4n) is 9.90. The lowest BCUT2D eigenvalue weighted by molar-refractivity contribution is -0.114. The molecule has 4 fully saturated rings. The highest BCUT2D eigenvalue weighted by Crippen LogP contribution is 2.68. The van der Waals surface area contributed by atoms with Gasteiger partial charge in [0.2, 0.25) is 0 Å². The quantitative estimate of drug-likeness (QED) is 0.399. The summed E-state index contributed by atoms with van der Waals surface area (Å²) in [5.74, 6) is 7.21. The molecular weight excluding hydrogens is 348 g/mol. The van der Waals surface area contributed by atoms with E-state index in [-0.39, 0.29) is 0 Å². The third-order valence-corrected chi connectivity index (χ3v) is 11.5. The molecule has 0 aromatic rings. The highest BCUT2D eigenvalue weighted by Gasteiger charge is 2.59. The van der Waals surface area contributed by atoms with Crippen LogP contribution in [0, 0.1) is 52.3 Å². The average molecular weight is 401 g/mol. The van der Waals surface area contributed by atoms with Crippen molar-refractivity contribution in [3.05, 3.63) is 0 Å². The van der Waals surface area contributed by atoms with Gasteiger partial charge in [0, 0.05) is 0 Å². The van der Waals surface area contributed by atoms with E-state index in [1.165, 1.54) is 44.9 Å². The molecule has 0 saturated heterocycles. The largest absolute Gasteiger partial charge is 0.0654 e. The fourth-order valence-corrected chi connectivity index (χ4v) is 9.90. The monoisotopic (exact) mass is 400 g/mol. The standard InChI is InChI=1S/C29H52/c1-6-10-21(2)11-9-12-22(3)25-16-17-26-24-15-14-23-13-7-8-19-28(23,4)27(24)18-20-29(25,26)5/h21-27H,6-20H2,1-5H3/t21?,22-,23-,24+,25-,26+,27+,28+,29-/m1/s1. The Balaban J connectivity index is 1.40. The predicted octanol–water partition coefficient (Wildman–Crippen LogP) is 9.28. The molecule has 29 heavy (non-hydrogen) atoms. The number of rotatable bonds is 7. The van der Waals surface area contributed by atoms with Crippen LogP contribution in [0.25, 0.3) is 0 Å². The smallest absolute Gasteiger partial charge is 0.0264 e. The van der Waals surface area contributed by atoms with Crippen LogP contribution in [0.2, 0.25) is 0 Å². The van der Waals surface area contributed by atoms with Crippen molar-refractivity contribution in [2.24, 2.45) is 52.3 Å². The van der Waals surface area contributed by atoms with Crippen molar-refractivity contribution in [1.82, 2.24) is 0 Å². The maximum Gasteiger partial charge on any atom is -0.0264 e. The predicted molar refractivity (Wildman–Crippen MR) is 127 cm³/mol. The third-order valence-electron chi connectivity index (χ3n) is 11.5. The molecule has 0 amide bonds. The van der Waals surface area contributed by atoms with E-state index in [4.69, 9.17) is 0 Å². The van der Waals surface area contributed by atoms with E-state index in [0.717, 1.165) is 41.4 Å². The zero-order valence-corrected chi connectivity index (χ0v) is 20.6. The van der Waals surface area contributed by atoms with Crippen molar-refractivity contribution in [3.8, 4) is 0 Å². The number of hydrogen-bond donors (Lipinski definition) is 0. The van der Waals surface area contributed by atoms with Gasteiger partial charge in [-0.2, -0.15) is 0 Å². The second-order valence-corrected chi connectivity index (χ2v) is 12.9. The Morgan fingerprint density at radius 1 is 0.759 bits per heavy atom. The maximum atomic E-state index is 2.76. The summed E-state index contributed by atoms with van der Waals surface area (Å²) in [4.78, 5) is 0. The molecule has 4 rings (SSSR count). The summed E-state index contributed by atoms with van der Waals surface area (Å²) < 4.78 is 0. The Kier molecular flexibility index (Phi) is 6.78. The van der Waals surface area contributed by atoms with Crippen LogP contribution in [0.1, 0.15) is 131 Å². The van der Waals surface area contributed by atoms with Gasteiger partial charge in [0.05, 0.1) is 0 Å². The molecule has 4 aliphatic carbocycles. The first-order valence-corrected chi connectivity index (χ1v) is 13.9. The van der Waals surface area contributed by atoms with E-state index >= 15 is 0 Å². The van der Waals surface area contributed by atoms with E-state index in [1.807, 2.05) is 0 Å². The first kappa shape index (κ1) is 22.2.